The lowest BCUT2D eigenvalue weighted by Gasteiger charge is -2.10. The van der Waals surface area contributed by atoms with E-state index in [1.54, 1.807) is 6.20 Å². The van der Waals surface area contributed by atoms with Gasteiger partial charge < -0.3 is 10.1 Å². The van der Waals surface area contributed by atoms with Crippen LogP contribution in [0.15, 0.2) is 79.0 Å². The standard InChI is InChI=1S/C26H22N8O4/c1-17-10-18(2)12-22(11-17)38-23-14-20(13-21(15-23)34(36)37)27-26(35)24-8-9-32(29-24)16-33-30-25(28-31-33)19-6-4-3-5-7-19/h3-15H,16H2,1-2H3,(H,27,35). The van der Waals surface area contributed by atoms with Crippen molar-refractivity contribution in [2.24, 2.45) is 0 Å². The van der Waals surface area contributed by atoms with E-state index in [0.29, 0.717) is 11.6 Å². The topological polar surface area (TPSA) is 143 Å². The molecule has 0 atom stereocenters. The number of aryl methyl sites for hydroxylation is 2. The van der Waals surface area contributed by atoms with E-state index in [-0.39, 0.29) is 29.5 Å². The van der Waals surface area contributed by atoms with E-state index in [0.717, 1.165) is 16.7 Å². The summed E-state index contributed by atoms with van der Waals surface area (Å²) in [5.74, 6) is 0.686. The molecule has 12 heteroatoms. The fourth-order valence-corrected chi connectivity index (χ4v) is 3.84. The molecule has 1 N–H and O–H groups in total. The minimum atomic E-state index is -0.548. The molecule has 2 heterocycles. The summed E-state index contributed by atoms with van der Waals surface area (Å²) in [5, 5.41) is 30.8. The van der Waals surface area contributed by atoms with E-state index in [4.69, 9.17) is 4.74 Å². The maximum atomic E-state index is 12.9. The highest BCUT2D eigenvalue weighted by Gasteiger charge is 2.16. The Morgan fingerprint density at radius 2 is 1.71 bits per heavy atom. The van der Waals surface area contributed by atoms with Crippen molar-refractivity contribution in [1.29, 1.82) is 0 Å². The minimum Gasteiger partial charge on any atom is -0.457 e. The molecule has 190 valence electrons. The first-order valence-electron chi connectivity index (χ1n) is 11.6. The molecular formula is C26H22N8O4. The van der Waals surface area contributed by atoms with Crippen molar-refractivity contribution in [3.8, 4) is 22.9 Å². The molecule has 5 rings (SSSR count). The molecule has 2 aromatic heterocycles. The summed E-state index contributed by atoms with van der Waals surface area (Å²) in [5.41, 5.74) is 2.90. The molecule has 0 aliphatic carbocycles. The lowest BCUT2D eigenvalue weighted by atomic mass is 10.1. The summed E-state index contributed by atoms with van der Waals surface area (Å²) in [6.07, 6.45) is 1.60. The number of nitro benzene ring substituents is 1. The number of nitro groups is 1. The number of non-ortho nitro benzene ring substituents is 1. The number of ether oxygens (including phenoxy) is 1. The van der Waals surface area contributed by atoms with Gasteiger partial charge in [0, 0.05) is 23.9 Å². The maximum absolute atomic E-state index is 12.9. The summed E-state index contributed by atoms with van der Waals surface area (Å²) in [7, 11) is 0. The van der Waals surface area contributed by atoms with Gasteiger partial charge in [0.1, 0.15) is 11.5 Å². The van der Waals surface area contributed by atoms with E-state index in [1.807, 2.05) is 62.4 Å². The van der Waals surface area contributed by atoms with Gasteiger partial charge in [0.25, 0.3) is 11.6 Å². The Kier molecular flexibility index (Phi) is 6.59. The van der Waals surface area contributed by atoms with Crippen LogP contribution in [0.2, 0.25) is 0 Å². The monoisotopic (exact) mass is 510 g/mol. The van der Waals surface area contributed by atoms with Crippen LogP contribution in [-0.2, 0) is 6.67 Å². The molecule has 38 heavy (non-hydrogen) atoms. The van der Waals surface area contributed by atoms with E-state index >= 15 is 0 Å². The summed E-state index contributed by atoms with van der Waals surface area (Å²) in [6.45, 7) is 4.00. The number of aromatic nitrogens is 6. The molecule has 0 spiro atoms. The number of carbonyl (C=O) groups is 1. The highest BCUT2D eigenvalue weighted by Crippen LogP contribution is 2.31. The first kappa shape index (κ1) is 24.3. The molecule has 0 aliphatic heterocycles. The van der Waals surface area contributed by atoms with Gasteiger partial charge in [0.05, 0.1) is 16.7 Å². The molecule has 3 aromatic carbocycles. The molecule has 0 bridgehead atoms. The van der Waals surface area contributed by atoms with Gasteiger partial charge in [-0.05, 0) is 48.4 Å². The Labute approximate surface area is 216 Å². The molecule has 0 fully saturated rings. The number of nitrogens with one attached hydrogen (secondary N) is 1. The highest BCUT2D eigenvalue weighted by atomic mass is 16.6. The van der Waals surface area contributed by atoms with Crippen LogP contribution in [0.3, 0.4) is 0 Å². The van der Waals surface area contributed by atoms with Crippen LogP contribution in [0, 0.1) is 24.0 Å². The Balaban J connectivity index is 1.30. The van der Waals surface area contributed by atoms with Crippen LogP contribution in [-0.4, -0.2) is 40.8 Å². The average molecular weight is 511 g/mol. The second-order valence-electron chi connectivity index (χ2n) is 8.59. The Morgan fingerprint density at radius 3 is 2.45 bits per heavy atom. The summed E-state index contributed by atoms with van der Waals surface area (Å²) in [6, 6.07) is 20.7. The normalized spacial score (nSPS) is 10.8. The predicted octanol–water partition coefficient (Wildman–Crippen LogP) is 4.61. The van der Waals surface area contributed by atoms with E-state index in [9.17, 15) is 14.9 Å². The van der Waals surface area contributed by atoms with Crippen molar-refractivity contribution in [3.05, 3.63) is 106 Å². The van der Waals surface area contributed by atoms with Gasteiger partial charge in [-0.2, -0.15) is 5.10 Å². The van der Waals surface area contributed by atoms with Crippen molar-refractivity contribution in [3.63, 3.8) is 0 Å². The molecule has 12 nitrogen and oxygen atoms in total. The van der Waals surface area contributed by atoms with E-state index < -0.39 is 10.8 Å². The van der Waals surface area contributed by atoms with Gasteiger partial charge in [-0.15, -0.1) is 15.0 Å². The van der Waals surface area contributed by atoms with Crippen LogP contribution >= 0.6 is 0 Å². The average Bonchev–Trinajstić information content (AvgIpc) is 3.54. The molecule has 0 saturated heterocycles. The SMILES string of the molecule is Cc1cc(C)cc(Oc2cc(NC(=O)c3ccn(Cn4nnc(-c5ccccc5)n4)n3)cc([N+](=O)[O-])c2)c1. The number of amides is 1. The molecule has 0 saturated carbocycles. The lowest BCUT2D eigenvalue weighted by Crippen LogP contribution is -2.16. The molecular weight excluding hydrogens is 488 g/mol. The Morgan fingerprint density at radius 1 is 0.974 bits per heavy atom. The number of nitrogens with zero attached hydrogens (tertiary/aromatic N) is 7. The predicted molar refractivity (Wildman–Crippen MR) is 138 cm³/mol. The molecule has 5 aromatic rings. The number of tetrazole rings is 1. The quantitative estimate of drug-likeness (QED) is 0.235. The van der Waals surface area contributed by atoms with Crippen LogP contribution in [0.25, 0.3) is 11.4 Å². The second-order valence-corrected chi connectivity index (χ2v) is 8.59. The number of carbonyl (C=O) groups excluding carboxylic acids is 1. The van der Waals surface area contributed by atoms with Crippen molar-refractivity contribution >= 4 is 17.3 Å². The van der Waals surface area contributed by atoms with E-state index in [2.05, 4.69) is 25.8 Å². The van der Waals surface area contributed by atoms with E-state index in [1.165, 1.54) is 33.7 Å². The largest absolute Gasteiger partial charge is 0.457 e. The fraction of sp³-hybridized carbons (Fsp3) is 0.115. The molecule has 0 radical (unpaired) electrons. The molecule has 1 amide bonds. The zero-order valence-electron chi connectivity index (χ0n) is 20.5. The number of hydrogen-bond acceptors (Lipinski definition) is 8. The molecule has 0 unspecified atom stereocenters. The number of rotatable bonds is 8. The van der Waals surface area contributed by atoms with Crippen molar-refractivity contribution in [2.45, 2.75) is 20.5 Å². The van der Waals surface area contributed by atoms with Gasteiger partial charge in [-0.25, -0.2) is 4.68 Å². The van der Waals surface area contributed by atoms with Crippen molar-refractivity contribution in [2.75, 3.05) is 5.32 Å². The van der Waals surface area contributed by atoms with Gasteiger partial charge >= 0.3 is 0 Å². The summed E-state index contributed by atoms with van der Waals surface area (Å²) >= 11 is 0. The first-order valence-corrected chi connectivity index (χ1v) is 11.6. The van der Waals surface area contributed by atoms with Crippen LogP contribution in [0.1, 0.15) is 21.6 Å². The summed E-state index contributed by atoms with van der Waals surface area (Å²) in [4.78, 5) is 25.2. The highest BCUT2D eigenvalue weighted by molar-refractivity contribution is 6.03. The first-order chi connectivity index (χ1) is 18.3. The number of hydrogen-bond donors (Lipinski definition) is 1. The minimum absolute atomic E-state index is 0.108. The van der Waals surface area contributed by atoms with Gasteiger partial charge in [-0.1, -0.05) is 36.4 Å². The number of benzene rings is 3. The maximum Gasteiger partial charge on any atom is 0.276 e. The van der Waals surface area contributed by atoms with Gasteiger partial charge in [0.15, 0.2) is 12.4 Å². The third-order valence-electron chi connectivity index (χ3n) is 5.42. The third-order valence-corrected chi connectivity index (χ3v) is 5.42. The van der Waals surface area contributed by atoms with Gasteiger partial charge in [0.2, 0.25) is 5.82 Å². The Bertz CT molecular complexity index is 1610. The second kappa shape index (κ2) is 10.3. The Hall–Kier alpha value is -5.39. The van der Waals surface area contributed by atoms with Gasteiger partial charge in [-0.3, -0.25) is 14.9 Å². The van der Waals surface area contributed by atoms with Crippen LogP contribution in [0.4, 0.5) is 11.4 Å². The van der Waals surface area contributed by atoms with Crippen molar-refractivity contribution in [1.82, 2.24) is 30.0 Å². The van der Waals surface area contributed by atoms with Crippen LogP contribution in [0.5, 0.6) is 11.5 Å². The third kappa shape index (κ3) is 5.70. The molecule has 0 aliphatic rings. The summed E-state index contributed by atoms with van der Waals surface area (Å²) < 4.78 is 7.34. The van der Waals surface area contributed by atoms with Crippen LogP contribution < -0.4 is 10.1 Å². The zero-order valence-corrected chi connectivity index (χ0v) is 20.5. The number of anilines is 1. The smallest absolute Gasteiger partial charge is 0.276 e. The zero-order chi connectivity index (χ0) is 26.6. The lowest BCUT2D eigenvalue weighted by molar-refractivity contribution is -0.384. The van der Waals surface area contributed by atoms with Crippen molar-refractivity contribution < 1.29 is 14.5 Å². The fourth-order valence-electron chi connectivity index (χ4n) is 3.84.